The van der Waals surface area contributed by atoms with Crippen LogP contribution in [0, 0.1) is 5.92 Å². The van der Waals surface area contributed by atoms with Gasteiger partial charge in [-0.3, -0.25) is 0 Å². The van der Waals surface area contributed by atoms with E-state index in [1.165, 1.54) is 0 Å². The summed E-state index contributed by atoms with van der Waals surface area (Å²) in [5, 5.41) is 0. The van der Waals surface area contributed by atoms with Gasteiger partial charge >= 0.3 is 0 Å². The molecule has 1 aliphatic rings. The van der Waals surface area contributed by atoms with Crippen molar-refractivity contribution >= 4 is 0 Å². The SMILES string of the molecule is COc1cc([C@@H](N)C2CCOCC2)cc(OC)c1OC. The first-order valence-electron chi connectivity index (χ1n) is 6.84. The molecular weight excluding hydrogens is 258 g/mol. The average Bonchev–Trinajstić information content (AvgIpc) is 2.53. The lowest BCUT2D eigenvalue weighted by Gasteiger charge is -2.28. The third-order valence-corrected chi connectivity index (χ3v) is 3.85. The first kappa shape index (κ1) is 14.9. The van der Waals surface area contributed by atoms with Crippen molar-refractivity contribution in [3.8, 4) is 17.2 Å². The van der Waals surface area contributed by atoms with E-state index in [0.717, 1.165) is 31.6 Å². The zero-order chi connectivity index (χ0) is 14.5. The van der Waals surface area contributed by atoms with Crippen LogP contribution in [0.25, 0.3) is 0 Å². The van der Waals surface area contributed by atoms with E-state index in [1.807, 2.05) is 12.1 Å². The van der Waals surface area contributed by atoms with Gasteiger partial charge in [0.2, 0.25) is 5.75 Å². The maximum atomic E-state index is 6.40. The second-order valence-electron chi connectivity index (χ2n) is 4.93. The average molecular weight is 281 g/mol. The summed E-state index contributed by atoms with van der Waals surface area (Å²) in [5.74, 6) is 2.30. The molecule has 0 aromatic heterocycles. The van der Waals surface area contributed by atoms with E-state index in [1.54, 1.807) is 21.3 Å². The van der Waals surface area contributed by atoms with Crippen LogP contribution >= 0.6 is 0 Å². The lowest BCUT2D eigenvalue weighted by atomic mass is 9.87. The Morgan fingerprint density at radius 1 is 1.05 bits per heavy atom. The summed E-state index contributed by atoms with van der Waals surface area (Å²) in [6, 6.07) is 3.82. The smallest absolute Gasteiger partial charge is 0.203 e. The van der Waals surface area contributed by atoms with Crippen LogP contribution in [-0.4, -0.2) is 34.5 Å². The van der Waals surface area contributed by atoms with Gasteiger partial charge in [-0.05, 0) is 36.5 Å². The Morgan fingerprint density at radius 2 is 1.60 bits per heavy atom. The Kier molecular flexibility index (Phi) is 5.09. The normalized spacial score (nSPS) is 17.6. The van der Waals surface area contributed by atoms with Crippen molar-refractivity contribution in [3.63, 3.8) is 0 Å². The van der Waals surface area contributed by atoms with Gasteiger partial charge in [0.25, 0.3) is 0 Å². The molecule has 1 saturated heterocycles. The molecule has 1 aromatic rings. The van der Waals surface area contributed by atoms with Gasteiger partial charge in [-0.1, -0.05) is 0 Å². The Morgan fingerprint density at radius 3 is 2.05 bits per heavy atom. The summed E-state index contributed by atoms with van der Waals surface area (Å²) in [6.45, 7) is 1.56. The van der Waals surface area contributed by atoms with Crippen LogP contribution in [0.3, 0.4) is 0 Å². The summed E-state index contributed by atoms with van der Waals surface area (Å²) in [5.41, 5.74) is 7.41. The molecule has 2 rings (SSSR count). The largest absolute Gasteiger partial charge is 0.493 e. The second kappa shape index (κ2) is 6.81. The van der Waals surface area contributed by atoms with Gasteiger partial charge in [-0.2, -0.15) is 0 Å². The zero-order valence-electron chi connectivity index (χ0n) is 12.3. The van der Waals surface area contributed by atoms with E-state index in [0.29, 0.717) is 23.2 Å². The third-order valence-electron chi connectivity index (χ3n) is 3.85. The molecule has 1 aliphatic heterocycles. The molecular formula is C15H23NO4. The highest BCUT2D eigenvalue weighted by molar-refractivity contribution is 5.54. The molecule has 0 saturated carbocycles. The highest BCUT2D eigenvalue weighted by atomic mass is 16.5. The van der Waals surface area contributed by atoms with Crippen LogP contribution in [0.2, 0.25) is 0 Å². The molecule has 5 nitrogen and oxygen atoms in total. The van der Waals surface area contributed by atoms with Crippen LogP contribution in [0.5, 0.6) is 17.2 Å². The maximum absolute atomic E-state index is 6.40. The fourth-order valence-electron chi connectivity index (χ4n) is 2.64. The quantitative estimate of drug-likeness (QED) is 0.896. The lowest BCUT2D eigenvalue weighted by Crippen LogP contribution is -2.27. The highest BCUT2D eigenvalue weighted by Crippen LogP contribution is 2.41. The molecule has 0 aliphatic carbocycles. The fraction of sp³-hybridized carbons (Fsp3) is 0.600. The van der Waals surface area contributed by atoms with Crippen molar-refractivity contribution < 1.29 is 18.9 Å². The summed E-state index contributed by atoms with van der Waals surface area (Å²) in [6.07, 6.45) is 1.97. The van der Waals surface area contributed by atoms with Crippen molar-refractivity contribution in [1.82, 2.24) is 0 Å². The number of benzene rings is 1. The second-order valence-corrected chi connectivity index (χ2v) is 4.93. The van der Waals surface area contributed by atoms with Gasteiger partial charge in [0.1, 0.15) is 0 Å². The molecule has 0 unspecified atom stereocenters. The number of rotatable bonds is 5. The predicted octanol–water partition coefficient (Wildman–Crippen LogP) is 2.14. The fourth-order valence-corrected chi connectivity index (χ4v) is 2.64. The molecule has 1 fully saturated rings. The summed E-state index contributed by atoms with van der Waals surface area (Å²) >= 11 is 0. The molecule has 20 heavy (non-hydrogen) atoms. The Bertz CT molecular complexity index is 418. The summed E-state index contributed by atoms with van der Waals surface area (Å²) < 4.78 is 21.5. The van der Waals surface area contributed by atoms with Crippen molar-refractivity contribution in [2.75, 3.05) is 34.5 Å². The van der Waals surface area contributed by atoms with E-state index in [9.17, 15) is 0 Å². The minimum Gasteiger partial charge on any atom is -0.493 e. The molecule has 0 spiro atoms. The highest BCUT2D eigenvalue weighted by Gasteiger charge is 2.24. The molecule has 5 heteroatoms. The van der Waals surface area contributed by atoms with E-state index in [2.05, 4.69) is 0 Å². The van der Waals surface area contributed by atoms with Gasteiger partial charge in [0.15, 0.2) is 11.5 Å². The minimum absolute atomic E-state index is 0.0485. The van der Waals surface area contributed by atoms with Gasteiger partial charge in [0, 0.05) is 19.3 Å². The molecule has 0 bridgehead atoms. The number of ether oxygens (including phenoxy) is 4. The van der Waals surface area contributed by atoms with Gasteiger partial charge in [0.05, 0.1) is 21.3 Å². The lowest BCUT2D eigenvalue weighted by molar-refractivity contribution is 0.0583. The van der Waals surface area contributed by atoms with E-state index >= 15 is 0 Å². The van der Waals surface area contributed by atoms with Gasteiger partial charge < -0.3 is 24.7 Å². The van der Waals surface area contributed by atoms with Gasteiger partial charge in [-0.15, -0.1) is 0 Å². The summed E-state index contributed by atoms with van der Waals surface area (Å²) in [7, 11) is 4.82. The van der Waals surface area contributed by atoms with Crippen LogP contribution in [0.1, 0.15) is 24.4 Å². The van der Waals surface area contributed by atoms with Crippen LogP contribution < -0.4 is 19.9 Å². The third kappa shape index (κ3) is 2.99. The standard InChI is InChI=1S/C15H23NO4/c1-17-12-8-11(9-13(18-2)15(12)19-3)14(16)10-4-6-20-7-5-10/h8-10,14H,4-7,16H2,1-3H3/t14-/m0/s1. The number of methoxy groups -OCH3 is 3. The van der Waals surface area contributed by atoms with E-state index in [4.69, 9.17) is 24.7 Å². The van der Waals surface area contributed by atoms with E-state index < -0.39 is 0 Å². The monoisotopic (exact) mass is 281 g/mol. The number of nitrogens with two attached hydrogens (primary N) is 1. The maximum Gasteiger partial charge on any atom is 0.203 e. The van der Waals surface area contributed by atoms with Crippen LogP contribution in [-0.2, 0) is 4.74 Å². The van der Waals surface area contributed by atoms with Gasteiger partial charge in [-0.25, -0.2) is 0 Å². The molecule has 2 N–H and O–H groups in total. The molecule has 112 valence electrons. The Labute approximate surface area is 120 Å². The first-order chi connectivity index (χ1) is 9.71. The van der Waals surface area contributed by atoms with Crippen LogP contribution in [0.15, 0.2) is 12.1 Å². The van der Waals surface area contributed by atoms with Crippen molar-refractivity contribution in [2.24, 2.45) is 11.7 Å². The Balaban J connectivity index is 2.30. The predicted molar refractivity (Wildman–Crippen MR) is 76.6 cm³/mol. The molecule has 0 radical (unpaired) electrons. The molecule has 1 heterocycles. The number of hydrogen-bond acceptors (Lipinski definition) is 5. The van der Waals surface area contributed by atoms with Crippen molar-refractivity contribution in [2.45, 2.75) is 18.9 Å². The molecule has 1 atom stereocenters. The van der Waals surface area contributed by atoms with E-state index in [-0.39, 0.29) is 6.04 Å². The van der Waals surface area contributed by atoms with Crippen LogP contribution in [0.4, 0.5) is 0 Å². The number of hydrogen-bond donors (Lipinski definition) is 1. The molecule has 0 amide bonds. The Hall–Kier alpha value is -1.46. The molecule has 1 aromatic carbocycles. The first-order valence-corrected chi connectivity index (χ1v) is 6.84. The topological polar surface area (TPSA) is 62.9 Å². The minimum atomic E-state index is -0.0485. The van der Waals surface area contributed by atoms with Crippen molar-refractivity contribution in [3.05, 3.63) is 17.7 Å². The summed E-state index contributed by atoms with van der Waals surface area (Å²) in [4.78, 5) is 0. The van der Waals surface area contributed by atoms with Crippen molar-refractivity contribution in [1.29, 1.82) is 0 Å². The zero-order valence-corrected chi connectivity index (χ0v) is 12.3.